The van der Waals surface area contributed by atoms with Crippen molar-refractivity contribution in [3.63, 3.8) is 0 Å². The molecule has 0 atom stereocenters. The van der Waals surface area contributed by atoms with Gasteiger partial charge in [0.2, 0.25) is 5.91 Å². The minimum atomic E-state index is -0.185. The molecule has 5 nitrogen and oxygen atoms in total. The molecule has 3 aromatic heterocycles. The van der Waals surface area contributed by atoms with Crippen LogP contribution in [0.5, 0.6) is 0 Å². The maximum atomic E-state index is 14.0. The van der Waals surface area contributed by atoms with E-state index in [1.165, 1.54) is 10.9 Å². The second kappa shape index (κ2) is 8.29. The summed E-state index contributed by atoms with van der Waals surface area (Å²) in [4.78, 5) is 24.5. The van der Waals surface area contributed by atoms with Gasteiger partial charge >= 0.3 is 0 Å². The van der Waals surface area contributed by atoms with Crippen LogP contribution in [-0.4, -0.2) is 51.3 Å². The van der Waals surface area contributed by atoms with Crippen LogP contribution in [-0.2, 0) is 17.8 Å². The number of thiazole rings is 1. The van der Waals surface area contributed by atoms with Crippen molar-refractivity contribution in [3.8, 4) is 10.4 Å². The second-order valence-electron chi connectivity index (χ2n) is 7.40. The minimum Gasteiger partial charge on any atom is -0.340 e. The monoisotopic (exact) mass is 440 g/mol. The van der Waals surface area contributed by atoms with Crippen molar-refractivity contribution in [1.82, 2.24) is 19.2 Å². The molecule has 1 fully saturated rings. The Kier molecular flexibility index (Phi) is 5.37. The standard InChI is InChI=1S/C22H21FN4OS2/c23-19-4-2-1-3-18(19)20-6-5-17(30-20)15-25-7-9-26(10-8-25)21(28)13-16-14-27-11-12-29-22(27)24-16/h1-6,11-12,14H,7-10,13,15H2. The fourth-order valence-electron chi connectivity index (χ4n) is 3.77. The van der Waals surface area contributed by atoms with Crippen LogP contribution in [0, 0.1) is 5.82 Å². The van der Waals surface area contributed by atoms with Crippen LogP contribution < -0.4 is 0 Å². The Morgan fingerprint density at radius 1 is 1.10 bits per heavy atom. The van der Waals surface area contributed by atoms with Crippen molar-refractivity contribution in [2.45, 2.75) is 13.0 Å². The third kappa shape index (κ3) is 4.03. The largest absolute Gasteiger partial charge is 0.340 e. The topological polar surface area (TPSA) is 40.9 Å². The summed E-state index contributed by atoms with van der Waals surface area (Å²) in [6.45, 7) is 3.98. The summed E-state index contributed by atoms with van der Waals surface area (Å²) in [6.07, 6.45) is 4.25. The number of rotatable bonds is 5. The van der Waals surface area contributed by atoms with Crippen LogP contribution in [0.4, 0.5) is 4.39 Å². The molecule has 0 N–H and O–H groups in total. The Labute approximate surface area is 182 Å². The molecule has 4 heterocycles. The van der Waals surface area contributed by atoms with Gasteiger partial charge in [-0.25, -0.2) is 9.37 Å². The normalized spacial score (nSPS) is 15.2. The lowest BCUT2D eigenvalue weighted by Crippen LogP contribution is -2.48. The molecule has 1 saturated heterocycles. The molecule has 0 aliphatic carbocycles. The van der Waals surface area contributed by atoms with E-state index in [1.807, 2.05) is 45.3 Å². The van der Waals surface area contributed by atoms with Crippen molar-refractivity contribution in [2.24, 2.45) is 0 Å². The summed E-state index contributed by atoms with van der Waals surface area (Å²) < 4.78 is 16.0. The number of imidazole rings is 1. The van der Waals surface area contributed by atoms with E-state index in [4.69, 9.17) is 0 Å². The highest BCUT2D eigenvalue weighted by atomic mass is 32.1. The molecule has 1 aliphatic heterocycles. The lowest BCUT2D eigenvalue weighted by molar-refractivity contribution is -0.132. The Hall–Kier alpha value is -2.55. The third-order valence-corrected chi connectivity index (χ3v) is 7.25. The van der Waals surface area contributed by atoms with Crippen molar-refractivity contribution >= 4 is 33.5 Å². The van der Waals surface area contributed by atoms with Gasteiger partial charge < -0.3 is 4.90 Å². The quantitative estimate of drug-likeness (QED) is 0.468. The van der Waals surface area contributed by atoms with Crippen molar-refractivity contribution in [2.75, 3.05) is 26.2 Å². The van der Waals surface area contributed by atoms with E-state index in [1.54, 1.807) is 28.7 Å². The number of carbonyl (C=O) groups excluding carboxylic acids is 1. The molecule has 0 spiro atoms. The molecular formula is C22H21FN4OS2. The fraction of sp³-hybridized carbons (Fsp3) is 0.273. The van der Waals surface area contributed by atoms with Crippen LogP contribution in [0.2, 0.25) is 0 Å². The van der Waals surface area contributed by atoms with Gasteiger partial charge in [-0.15, -0.1) is 22.7 Å². The van der Waals surface area contributed by atoms with E-state index in [2.05, 4.69) is 16.0 Å². The average molecular weight is 441 g/mol. The number of hydrogen-bond acceptors (Lipinski definition) is 5. The van der Waals surface area contributed by atoms with E-state index in [9.17, 15) is 9.18 Å². The molecule has 1 aliphatic rings. The number of amides is 1. The summed E-state index contributed by atoms with van der Waals surface area (Å²) >= 11 is 3.21. The van der Waals surface area contributed by atoms with E-state index in [0.29, 0.717) is 12.0 Å². The Morgan fingerprint density at radius 3 is 2.73 bits per heavy atom. The van der Waals surface area contributed by atoms with Gasteiger partial charge in [0.1, 0.15) is 5.82 Å². The van der Waals surface area contributed by atoms with E-state index in [0.717, 1.165) is 48.3 Å². The smallest absolute Gasteiger partial charge is 0.228 e. The fourth-order valence-corrected chi connectivity index (χ4v) is 5.57. The van der Waals surface area contributed by atoms with Crippen LogP contribution in [0.25, 0.3) is 15.4 Å². The highest BCUT2D eigenvalue weighted by Gasteiger charge is 2.22. The first kappa shape index (κ1) is 19.4. The molecule has 30 heavy (non-hydrogen) atoms. The van der Waals surface area contributed by atoms with Crippen LogP contribution >= 0.6 is 22.7 Å². The van der Waals surface area contributed by atoms with E-state index >= 15 is 0 Å². The zero-order chi connectivity index (χ0) is 20.5. The van der Waals surface area contributed by atoms with Gasteiger partial charge in [-0.2, -0.15) is 0 Å². The number of hydrogen-bond donors (Lipinski definition) is 0. The van der Waals surface area contributed by atoms with E-state index < -0.39 is 0 Å². The second-order valence-corrected chi connectivity index (χ2v) is 9.45. The predicted molar refractivity (Wildman–Crippen MR) is 118 cm³/mol. The van der Waals surface area contributed by atoms with Gasteiger partial charge in [-0.1, -0.05) is 18.2 Å². The number of benzene rings is 1. The number of halogens is 1. The highest BCUT2D eigenvalue weighted by Crippen LogP contribution is 2.30. The third-order valence-electron chi connectivity index (χ3n) is 5.38. The maximum absolute atomic E-state index is 14.0. The lowest BCUT2D eigenvalue weighted by atomic mass is 10.2. The molecule has 154 valence electrons. The summed E-state index contributed by atoms with van der Waals surface area (Å²) in [5.41, 5.74) is 1.48. The minimum absolute atomic E-state index is 0.137. The van der Waals surface area contributed by atoms with Gasteiger partial charge in [-0.3, -0.25) is 14.1 Å². The van der Waals surface area contributed by atoms with Gasteiger partial charge in [0, 0.05) is 65.8 Å². The Morgan fingerprint density at radius 2 is 1.93 bits per heavy atom. The first-order valence-electron chi connectivity index (χ1n) is 9.90. The molecular weight excluding hydrogens is 419 g/mol. The summed E-state index contributed by atoms with van der Waals surface area (Å²) in [5.74, 6) is -0.0473. The number of nitrogens with zero attached hydrogens (tertiary/aromatic N) is 4. The molecule has 0 radical (unpaired) electrons. The first-order valence-corrected chi connectivity index (χ1v) is 11.6. The number of carbonyl (C=O) groups is 1. The number of piperazine rings is 1. The highest BCUT2D eigenvalue weighted by molar-refractivity contribution is 7.15. The lowest BCUT2D eigenvalue weighted by Gasteiger charge is -2.34. The van der Waals surface area contributed by atoms with Crippen molar-refractivity contribution in [1.29, 1.82) is 0 Å². The number of thiophene rings is 1. The SMILES string of the molecule is O=C(Cc1cn2ccsc2n1)N1CCN(Cc2ccc(-c3ccccc3F)s2)CC1. The van der Waals surface area contributed by atoms with Gasteiger partial charge in [0.15, 0.2) is 4.96 Å². The molecule has 0 bridgehead atoms. The van der Waals surface area contributed by atoms with Gasteiger partial charge in [0.05, 0.1) is 12.1 Å². The molecule has 1 amide bonds. The molecule has 8 heteroatoms. The molecule has 0 unspecified atom stereocenters. The van der Waals surface area contributed by atoms with Gasteiger partial charge in [0.25, 0.3) is 0 Å². The number of aromatic nitrogens is 2. The average Bonchev–Trinajstić information content (AvgIpc) is 3.46. The Bertz CT molecular complexity index is 1140. The Balaban J connectivity index is 1.15. The van der Waals surface area contributed by atoms with Crippen LogP contribution in [0.1, 0.15) is 10.6 Å². The predicted octanol–water partition coefficient (Wildman–Crippen LogP) is 4.15. The first-order chi connectivity index (χ1) is 14.7. The summed E-state index contributed by atoms with van der Waals surface area (Å²) in [6, 6.07) is 11.0. The number of fused-ring (bicyclic) bond motifs is 1. The maximum Gasteiger partial charge on any atom is 0.228 e. The zero-order valence-corrected chi connectivity index (χ0v) is 18.0. The van der Waals surface area contributed by atoms with Crippen LogP contribution in [0.15, 0.2) is 54.2 Å². The molecule has 1 aromatic carbocycles. The zero-order valence-electron chi connectivity index (χ0n) is 16.3. The van der Waals surface area contributed by atoms with Gasteiger partial charge in [-0.05, 0) is 18.2 Å². The summed E-state index contributed by atoms with van der Waals surface area (Å²) in [5, 5.41) is 1.99. The molecule has 5 rings (SSSR count). The van der Waals surface area contributed by atoms with Crippen LogP contribution in [0.3, 0.4) is 0 Å². The van der Waals surface area contributed by atoms with Crippen molar-refractivity contribution < 1.29 is 9.18 Å². The van der Waals surface area contributed by atoms with E-state index in [-0.39, 0.29) is 11.7 Å². The molecule has 0 saturated carbocycles. The summed E-state index contributed by atoms with van der Waals surface area (Å²) in [7, 11) is 0. The van der Waals surface area contributed by atoms with Crippen molar-refractivity contribution in [3.05, 3.63) is 70.6 Å². The molecule has 4 aromatic rings.